The summed E-state index contributed by atoms with van der Waals surface area (Å²) in [7, 11) is 0. The Morgan fingerprint density at radius 1 is 1.09 bits per heavy atom. The van der Waals surface area contributed by atoms with E-state index in [0.717, 1.165) is 41.0 Å². The van der Waals surface area contributed by atoms with Gasteiger partial charge in [-0.05, 0) is 67.3 Å². The fraction of sp³-hybridized carbons (Fsp3) is 0.619. The summed E-state index contributed by atoms with van der Waals surface area (Å²) in [5.41, 5.74) is 2.59. The van der Waals surface area contributed by atoms with E-state index in [4.69, 9.17) is 0 Å². The van der Waals surface area contributed by atoms with E-state index in [9.17, 15) is 31.1 Å². The Balaban J connectivity index is 1.42. The number of nitrogens with one attached hydrogen (secondary N) is 1. The number of H-pyrrole nitrogens is 1. The maximum atomic E-state index is 12.8. The van der Waals surface area contributed by atoms with Crippen LogP contribution in [0.3, 0.4) is 0 Å². The monoisotopic (exact) mass is 506 g/mol. The van der Waals surface area contributed by atoms with Gasteiger partial charge in [-0.1, -0.05) is 11.6 Å². The third kappa shape index (κ3) is 5.52. The van der Waals surface area contributed by atoms with Crippen molar-refractivity contribution in [1.82, 2.24) is 30.4 Å². The minimum Gasteiger partial charge on any atom is -0.426 e. The molecule has 1 spiro atoms. The molecule has 0 saturated carbocycles. The smallest absolute Gasteiger partial charge is 0.426 e. The molecule has 2 aliphatic heterocycles. The minimum absolute atomic E-state index is 0.0145. The summed E-state index contributed by atoms with van der Waals surface area (Å²) >= 11 is 0. The van der Waals surface area contributed by atoms with Crippen molar-refractivity contribution >= 4 is 6.09 Å². The molecule has 2 saturated heterocycles. The molecule has 0 bridgehead atoms. The minimum atomic E-state index is -5.73. The van der Waals surface area contributed by atoms with E-state index in [1.165, 1.54) is 0 Å². The summed E-state index contributed by atoms with van der Waals surface area (Å²) < 4.78 is 80.4. The van der Waals surface area contributed by atoms with Gasteiger partial charge in [0.1, 0.15) is 0 Å². The van der Waals surface area contributed by atoms with E-state index < -0.39 is 24.5 Å². The second kappa shape index (κ2) is 9.28. The zero-order valence-electron chi connectivity index (χ0n) is 18.8. The number of aromatic amines is 1. The number of aryl methyl sites for hydroxylation is 1. The Hall–Kier alpha value is -2.90. The summed E-state index contributed by atoms with van der Waals surface area (Å²) in [5, 5.41) is 13.9. The van der Waals surface area contributed by atoms with Crippen molar-refractivity contribution in [3.8, 4) is 11.4 Å². The molecule has 4 rings (SSSR count). The number of hydrogen-bond donors (Lipinski definition) is 1. The highest BCUT2D eigenvalue weighted by Crippen LogP contribution is 2.41. The van der Waals surface area contributed by atoms with Crippen LogP contribution in [-0.2, 0) is 11.3 Å². The number of hydrogen-bond acceptors (Lipinski definition) is 6. The molecule has 0 atom stereocenters. The van der Waals surface area contributed by atoms with E-state index in [-0.39, 0.29) is 18.6 Å². The SMILES string of the molecule is Cc1cc(CN2CCCC23CCN(C(=O)OC(C(F)(F)F)C(F)(F)F)CC3)cc(-c2nnn[nH]2)c1. The second-order valence-electron chi connectivity index (χ2n) is 9.04. The molecule has 35 heavy (non-hydrogen) atoms. The molecule has 0 unspecified atom stereocenters. The van der Waals surface area contributed by atoms with Crippen LogP contribution in [0.2, 0.25) is 0 Å². The van der Waals surface area contributed by atoms with E-state index in [0.29, 0.717) is 25.2 Å². The maximum Gasteiger partial charge on any atom is 0.434 e. The van der Waals surface area contributed by atoms with Crippen LogP contribution in [0.5, 0.6) is 0 Å². The van der Waals surface area contributed by atoms with Crippen molar-refractivity contribution in [2.24, 2.45) is 0 Å². The maximum absolute atomic E-state index is 12.8. The fourth-order valence-corrected chi connectivity index (χ4v) is 5.00. The lowest BCUT2D eigenvalue weighted by molar-refractivity contribution is -0.308. The number of rotatable bonds is 4. The third-order valence-electron chi connectivity index (χ3n) is 6.64. The molecule has 2 fully saturated rings. The molecule has 2 aliphatic rings. The molecule has 192 valence electrons. The summed E-state index contributed by atoms with van der Waals surface area (Å²) in [6, 6.07) is 5.97. The van der Waals surface area contributed by atoms with Crippen molar-refractivity contribution in [2.45, 2.75) is 63.1 Å². The average molecular weight is 506 g/mol. The van der Waals surface area contributed by atoms with Crippen molar-refractivity contribution in [2.75, 3.05) is 19.6 Å². The van der Waals surface area contributed by atoms with E-state index >= 15 is 0 Å². The van der Waals surface area contributed by atoms with Crippen LogP contribution in [0.25, 0.3) is 11.4 Å². The molecular formula is C21H24F6N6O2. The quantitative estimate of drug-likeness (QED) is 0.625. The molecule has 1 N–H and O–H groups in total. The number of tetrazole rings is 1. The van der Waals surface area contributed by atoms with Crippen LogP contribution < -0.4 is 0 Å². The standard InChI is InChI=1S/C21H24F6N6O2/c1-13-9-14(11-15(10-13)16-28-30-31-29-16)12-33-6-2-3-19(33)4-7-32(8-5-19)18(34)35-17(20(22,23)24)21(25,26)27/h9-11,17H,2-8,12H2,1H3,(H,28,29,30,31). The van der Waals surface area contributed by atoms with Gasteiger partial charge in [0.25, 0.3) is 6.10 Å². The summed E-state index contributed by atoms with van der Waals surface area (Å²) in [6.07, 6.45) is -14.6. The lowest BCUT2D eigenvalue weighted by Crippen LogP contribution is -2.54. The normalized spacial score (nSPS) is 19.0. The largest absolute Gasteiger partial charge is 0.434 e. The molecule has 2 aromatic rings. The Labute approximate surface area is 196 Å². The van der Waals surface area contributed by atoms with E-state index in [2.05, 4.69) is 30.3 Å². The number of benzene rings is 1. The van der Waals surface area contributed by atoms with Crippen LogP contribution in [-0.4, -0.2) is 80.1 Å². The molecule has 0 aliphatic carbocycles. The van der Waals surface area contributed by atoms with Crippen LogP contribution in [0.15, 0.2) is 18.2 Å². The first-order chi connectivity index (χ1) is 16.4. The fourth-order valence-electron chi connectivity index (χ4n) is 5.00. The van der Waals surface area contributed by atoms with Gasteiger partial charge in [0.05, 0.1) is 0 Å². The molecule has 3 heterocycles. The number of aromatic nitrogens is 4. The number of likely N-dealkylation sites (tertiary alicyclic amines) is 2. The number of amides is 1. The number of halogens is 6. The van der Waals surface area contributed by atoms with Gasteiger partial charge in [-0.25, -0.2) is 9.89 Å². The summed E-state index contributed by atoms with van der Waals surface area (Å²) in [5.74, 6) is 0.536. The average Bonchev–Trinajstić information content (AvgIpc) is 3.42. The third-order valence-corrected chi connectivity index (χ3v) is 6.64. The van der Waals surface area contributed by atoms with Gasteiger partial charge in [0.15, 0.2) is 5.82 Å². The predicted octanol–water partition coefficient (Wildman–Crippen LogP) is 4.24. The second-order valence-corrected chi connectivity index (χ2v) is 9.04. The lowest BCUT2D eigenvalue weighted by Gasteiger charge is -2.45. The first-order valence-corrected chi connectivity index (χ1v) is 11.1. The van der Waals surface area contributed by atoms with Gasteiger partial charge in [-0.2, -0.15) is 26.3 Å². The van der Waals surface area contributed by atoms with Gasteiger partial charge < -0.3 is 9.64 Å². The van der Waals surface area contributed by atoms with Gasteiger partial charge in [0.2, 0.25) is 0 Å². The highest BCUT2D eigenvalue weighted by atomic mass is 19.4. The highest BCUT2D eigenvalue weighted by Gasteiger charge is 2.60. The van der Waals surface area contributed by atoms with Crippen molar-refractivity contribution < 1.29 is 35.9 Å². The van der Waals surface area contributed by atoms with Crippen molar-refractivity contribution in [1.29, 1.82) is 0 Å². The molecule has 8 nitrogen and oxygen atoms in total. The molecular weight excluding hydrogens is 482 g/mol. The molecule has 0 radical (unpaired) electrons. The number of ether oxygens (including phenoxy) is 1. The number of alkyl halides is 6. The van der Waals surface area contributed by atoms with Gasteiger partial charge in [-0.15, -0.1) is 5.10 Å². The molecule has 1 amide bonds. The van der Waals surface area contributed by atoms with E-state index in [1.54, 1.807) is 0 Å². The Bertz CT molecular complexity index is 1020. The van der Waals surface area contributed by atoms with Crippen LogP contribution in [0.4, 0.5) is 31.1 Å². The first kappa shape index (κ1) is 25.2. The molecule has 1 aromatic heterocycles. The molecule has 14 heteroatoms. The lowest BCUT2D eigenvalue weighted by atomic mass is 9.84. The number of nitrogens with zero attached hydrogens (tertiary/aromatic N) is 5. The van der Waals surface area contributed by atoms with Gasteiger partial charge in [0, 0.05) is 30.7 Å². The first-order valence-electron chi connectivity index (χ1n) is 11.1. The summed E-state index contributed by atoms with van der Waals surface area (Å²) in [4.78, 5) is 15.3. The van der Waals surface area contributed by atoms with Crippen LogP contribution in [0, 0.1) is 6.92 Å². The number of piperidine rings is 1. The zero-order chi connectivity index (χ0) is 25.4. The Morgan fingerprint density at radius 3 is 2.37 bits per heavy atom. The van der Waals surface area contributed by atoms with Gasteiger partial charge >= 0.3 is 18.4 Å². The predicted molar refractivity (Wildman–Crippen MR) is 110 cm³/mol. The number of carbonyl (C=O) groups is 1. The number of carbonyl (C=O) groups excluding carboxylic acids is 1. The van der Waals surface area contributed by atoms with E-state index in [1.807, 2.05) is 25.1 Å². The highest BCUT2D eigenvalue weighted by molar-refractivity contribution is 5.68. The van der Waals surface area contributed by atoms with Crippen LogP contribution >= 0.6 is 0 Å². The van der Waals surface area contributed by atoms with Crippen LogP contribution in [0.1, 0.15) is 36.8 Å². The van der Waals surface area contributed by atoms with Gasteiger partial charge in [-0.3, -0.25) is 4.90 Å². The van der Waals surface area contributed by atoms with Crippen molar-refractivity contribution in [3.63, 3.8) is 0 Å². The zero-order valence-corrected chi connectivity index (χ0v) is 18.8. The topological polar surface area (TPSA) is 87.2 Å². The molecule has 1 aromatic carbocycles. The summed E-state index contributed by atoms with van der Waals surface area (Å²) in [6.45, 7) is 3.38. The van der Waals surface area contributed by atoms with Crippen molar-refractivity contribution in [3.05, 3.63) is 29.3 Å². The Morgan fingerprint density at radius 2 is 1.77 bits per heavy atom. The Kier molecular flexibility index (Phi) is 6.68.